The van der Waals surface area contributed by atoms with Gasteiger partial charge in [-0.25, -0.2) is 34.5 Å². The Hall–Kier alpha value is -8.81. The molecule has 6 aromatic carbocycles. The van der Waals surface area contributed by atoms with E-state index >= 15 is 0 Å². The molecule has 0 spiro atoms. The minimum atomic E-state index is -4.65. The van der Waals surface area contributed by atoms with Gasteiger partial charge in [-0.05, 0) is 166 Å². The van der Waals surface area contributed by atoms with Crippen LogP contribution in [0, 0.1) is 13.8 Å². The van der Waals surface area contributed by atoms with Crippen molar-refractivity contribution < 1.29 is 62.8 Å². The third kappa shape index (κ3) is 26.9. The number of fused-ring (bicyclic) bond motifs is 9. The average molecular weight is 2010 g/mol. The first-order chi connectivity index (χ1) is 58.4. The number of pyridine rings is 3. The van der Waals surface area contributed by atoms with Crippen LogP contribution in [0.5, 0.6) is 23.0 Å². The number of phenols is 3. The highest BCUT2D eigenvalue weighted by Crippen LogP contribution is 2.41. The number of carbonyl (C=O) groups excluding carboxylic acids is 3. The van der Waals surface area contributed by atoms with Gasteiger partial charge in [-0.2, -0.15) is 0 Å². The second kappa shape index (κ2) is 47.2. The maximum atomic E-state index is 11.3. The fourth-order valence-corrected chi connectivity index (χ4v) is 15.7. The molecule has 28 nitrogen and oxygen atoms in total. The highest BCUT2D eigenvalue weighted by atomic mass is 127. The molecule has 14 N–H and O–H groups in total. The summed E-state index contributed by atoms with van der Waals surface area (Å²) in [4.78, 5) is 81.1. The van der Waals surface area contributed by atoms with Gasteiger partial charge < -0.3 is 80.9 Å². The number of benzene rings is 6. The Morgan fingerprint density at radius 1 is 0.421 bits per heavy atom. The predicted octanol–water partition coefficient (Wildman–Crippen LogP) is 15.5. The van der Waals surface area contributed by atoms with Crippen LogP contribution in [0.3, 0.4) is 0 Å². The number of halogens is 3. The number of aromatic hydroxyl groups is 3. The van der Waals surface area contributed by atoms with E-state index < -0.39 is 7.82 Å². The van der Waals surface area contributed by atoms with Crippen LogP contribution in [0.15, 0.2) is 109 Å². The first-order valence-electron chi connectivity index (χ1n) is 41.5. The number of nitrogens with two attached hydrogens (primary N) is 3. The maximum Gasteiger partial charge on any atom is 0.524 e. The minimum Gasteiger partial charge on any atom is -0.508 e. The Kier molecular flexibility index (Phi) is 36.8. The molecule has 0 aliphatic heterocycles. The van der Waals surface area contributed by atoms with Crippen LogP contribution in [0.4, 0.5) is 17.5 Å². The number of nitrogens with one attached hydrogen (secondary N) is 3. The van der Waals surface area contributed by atoms with Gasteiger partial charge in [0.05, 0.1) is 52.9 Å². The van der Waals surface area contributed by atoms with Crippen molar-refractivity contribution in [3.8, 4) is 23.0 Å². The van der Waals surface area contributed by atoms with Gasteiger partial charge in [0.25, 0.3) is 0 Å². The normalized spacial score (nSPS) is 11.6. The van der Waals surface area contributed by atoms with Crippen molar-refractivity contribution in [2.75, 3.05) is 89.8 Å². The Balaban J connectivity index is 0.000000191. The van der Waals surface area contributed by atoms with E-state index in [1.54, 1.807) is 37.3 Å². The molecule has 0 atom stereocenters. The topological polar surface area (TPSA) is 413 Å². The van der Waals surface area contributed by atoms with Crippen molar-refractivity contribution in [1.82, 2.24) is 59.6 Å². The number of alkyl halides is 3. The van der Waals surface area contributed by atoms with E-state index in [-0.39, 0.29) is 35.0 Å². The van der Waals surface area contributed by atoms with Gasteiger partial charge in [-0.1, -0.05) is 181 Å². The third-order valence-electron chi connectivity index (χ3n) is 20.6. The van der Waals surface area contributed by atoms with E-state index in [0.717, 1.165) is 216 Å². The van der Waals surface area contributed by atoms with Gasteiger partial charge in [-0.3, -0.25) is 24.2 Å². The van der Waals surface area contributed by atoms with Crippen LogP contribution in [0.1, 0.15) is 160 Å². The second-order valence-corrected chi connectivity index (χ2v) is 33.5. The van der Waals surface area contributed by atoms with Crippen LogP contribution in [0.25, 0.3) is 65.8 Å². The quantitative estimate of drug-likeness (QED) is 0.00555. The summed E-state index contributed by atoms with van der Waals surface area (Å²) in [6.07, 6.45) is 16.2. The number of aryl methyl sites for hydroxylation is 8. The molecular formula is C89H113I3N15O13P. The summed E-state index contributed by atoms with van der Waals surface area (Å²) in [5, 5.41) is 42.0. The molecule has 0 unspecified atom stereocenters. The number of phenolic OH excluding ortho intramolecular Hbond substituents is 3. The number of unbranched alkanes of at least 4 members (excludes halogenated alkanes) is 3. The number of ether oxygens (including phenoxy) is 3. The molecule has 12 rings (SSSR count). The lowest BCUT2D eigenvalue weighted by Gasteiger charge is -2.14. The Morgan fingerprint density at radius 2 is 0.777 bits per heavy atom. The lowest BCUT2D eigenvalue weighted by atomic mass is 10.1. The number of hydrogen-bond acceptors (Lipinski definition) is 20. The molecule has 0 radical (unpaired) electrons. The van der Waals surface area contributed by atoms with E-state index in [4.69, 9.17) is 60.9 Å². The molecule has 121 heavy (non-hydrogen) atoms. The summed E-state index contributed by atoms with van der Waals surface area (Å²) in [5.74, 6) is 4.37. The summed E-state index contributed by atoms with van der Waals surface area (Å²) in [6, 6.07) is 34.9. The number of imidazole rings is 3. The number of phosphoric acid groups is 1. The predicted molar refractivity (Wildman–Crippen MR) is 505 cm³/mol. The summed E-state index contributed by atoms with van der Waals surface area (Å²) in [5.41, 5.74) is 34.3. The fourth-order valence-electron chi connectivity index (χ4n) is 14.5. The Labute approximate surface area is 746 Å². The number of anilines is 3. The van der Waals surface area contributed by atoms with Crippen molar-refractivity contribution in [2.45, 2.75) is 170 Å². The highest BCUT2D eigenvalue weighted by Gasteiger charge is 2.25. The van der Waals surface area contributed by atoms with Crippen LogP contribution in [-0.4, -0.2) is 159 Å². The maximum absolute atomic E-state index is 11.3. The number of nitrogen functional groups attached to an aromatic ring is 3. The molecule has 0 aliphatic rings. The average Bonchev–Trinajstić information content (AvgIpc) is 1.62. The van der Waals surface area contributed by atoms with Crippen LogP contribution >= 0.6 is 75.6 Å². The number of hydrogen-bond donors (Lipinski definition) is 11. The van der Waals surface area contributed by atoms with Crippen molar-refractivity contribution in [3.63, 3.8) is 0 Å². The largest absolute Gasteiger partial charge is 0.524 e. The van der Waals surface area contributed by atoms with Crippen LogP contribution < -0.4 is 37.7 Å². The molecule has 0 saturated carbocycles. The monoisotopic (exact) mass is 2010 g/mol. The zero-order chi connectivity index (χ0) is 86.5. The third-order valence-corrected chi connectivity index (χ3v) is 23.1. The van der Waals surface area contributed by atoms with Gasteiger partial charge in [0, 0.05) is 113 Å². The van der Waals surface area contributed by atoms with Gasteiger partial charge >= 0.3 is 7.82 Å². The molecular weight excluding hydrogens is 1900 g/mol. The second-order valence-electron chi connectivity index (χ2n) is 30.0. The number of aromatic nitrogens is 9. The van der Waals surface area contributed by atoms with Gasteiger partial charge in [-0.15, -0.1) is 0 Å². The van der Waals surface area contributed by atoms with Crippen molar-refractivity contribution >= 4 is 177 Å². The molecule has 3 amide bonds. The lowest BCUT2D eigenvalue weighted by molar-refractivity contribution is -0.119. The Bertz CT molecular complexity index is 5570. The number of phosphoric ester groups is 1. The van der Waals surface area contributed by atoms with Crippen molar-refractivity contribution in [1.29, 1.82) is 0 Å². The SMILES string of the molecule is CCCCc1nc2c(N)nc3cc(CCCOCCCNC(=O)CI)ccc3c2n1Cc1ccc(O)c(C)c1.CCCCc1nc2c(N)nc3cc(CCCOCCCNC(=O)CI)ccc3c2n1Cc1ccc(OP(=O)(O)O)c(C)c1.CCCCc1nc2c(N)nc3cc(CCCOCCCNC(=O)CI)ccc3c2n1Cc1cccc(O)c1O. The zero-order valence-corrected chi connectivity index (χ0v) is 76.9. The van der Waals surface area contributed by atoms with Crippen LogP contribution in [0.2, 0.25) is 0 Å². The number of para-hydroxylation sites is 1. The number of rotatable bonds is 44. The van der Waals surface area contributed by atoms with Crippen molar-refractivity contribution in [2.24, 2.45) is 0 Å². The standard InChI is InChI=1S/C30H39IN5O6P.C30H38IN5O3.C29H36IN5O4/c1-3-4-8-26-35-28-29(36(26)19-22-10-12-25(20(2)16-22)42-43(38,39)40)23-11-9-21(17-24(23)34-30(28)32)7-5-14-41-15-6-13-33-27(37)18-31;1-3-4-8-26-35-28-29(36(26)19-22-10-12-25(37)20(2)16-22)23-11-9-21(17-24(23)34-30(28)32)7-5-14-39-15-6-13-33-27(38)18-31;1-2-3-10-24-34-26-27(35(24)18-20-8-4-9-23(36)28(20)38)21-12-11-19(16-22(21)33-29(26)31)7-5-14-39-15-6-13-32-25(37)17-30/h9-12,16-17H,3-8,13-15,18-19H2,1-2H3,(H2,32,34)(H,33,37)(H2,38,39,40);9-12,16-17,37H,3-8,13-15,18-19H2,1-2H3,(H2,32,34)(H,33,38);4,8-9,11-12,16,36,38H,2-3,5-7,10,13-15,17-18H2,1H3,(H2,31,33)(H,32,37). The number of carbonyl (C=O) groups is 3. The van der Waals surface area contributed by atoms with E-state index in [1.807, 2.05) is 70.3 Å². The number of nitrogens with zero attached hydrogens (tertiary/aromatic N) is 9. The molecule has 6 aromatic heterocycles. The molecule has 0 bridgehead atoms. The lowest BCUT2D eigenvalue weighted by Crippen LogP contribution is -2.25. The first kappa shape index (κ1) is 94.4. The fraction of sp³-hybridized carbons (Fsp3) is 0.427. The first-order valence-corrected chi connectivity index (χ1v) is 47.6. The molecule has 32 heteroatoms. The molecule has 0 saturated heterocycles. The minimum absolute atomic E-state index is 0.0450. The van der Waals surface area contributed by atoms with E-state index in [1.165, 1.54) is 11.6 Å². The summed E-state index contributed by atoms with van der Waals surface area (Å²) < 4.78 is 41.3. The molecule has 0 fully saturated rings. The Morgan fingerprint density at radius 3 is 1.13 bits per heavy atom. The molecule has 6 heterocycles. The van der Waals surface area contributed by atoms with Gasteiger partial charge in [0.2, 0.25) is 17.7 Å². The van der Waals surface area contributed by atoms with Crippen LogP contribution in [-0.2, 0) is 91.3 Å². The summed E-state index contributed by atoms with van der Waals surface area (Å²) in [6.45, 7) is 17.4. The number of amides is 3. The summed E-state index contributed by atoms with van der Waals surface area (Å²) >= 11 is 6.14. The smallest absolute Gasteiger partial charge is 0.508 e. The molecule has 12 aromatic rings. The zero-order valence-electron chi connectivity index (χ0n) is 69.6. The molecule has 648 valence electrons. The van der Waals surface area contributed by atoms with Gasteiger partial charge in [0.1, 0.15) is 45.5 Å². The van der Waals surface area contributed by atoms with E-state index in [0.29, 0.717) is 138 Å². The van der Waals surface area contributed by atoms with E-state index in [2.05, 4.69) is 133 Å². The van der Waals surface area contributed by atoms with E-state index in [9.17, 15) is 44.1 Å². The summed E-state index contributed by atoms with van der Waals surface area (Å²) in [7, 11) is -4.65. The highest BCUT2D eigenvalue weighted by molar-refractivity contribution is 14.1. The van der Waals surface area contributed by atoms with Crippen molar-refractivity contribution in [3.05, 3.63) is 171 Å². The molecule has 0 aliphatic carbocycles. The van der Waals surface area contributed by atoms with Gasteiger partial charge in [0.15, 0.2) is 29.0 Å².